The van der Waals surface area contributed by atoms with E-state index in [2.05, 4.69) is 34.7 Å². The molecule has 0 amide bonds. The zero-order valence-electron chi connectivity index (χ0n) is 10.9. The van der Waals surface area contributed by atoms with Crippen LogP contribution in [-0.2, 0) is 11.2 Å². The second kappa shape index (κ2) is 5.31. The van der Waals surface area contributed by atoms with Crippen LogP contribution in [0.4, 0.5) is 0 Å². The highest BCUT2D eigenvalue weighted by atomic mass is 16.1. The van der Waals surface area contributed by atoms with Crippen LogP contribution in [0.2, 0.25) is 0 Å². The lowest BCUT2D eigenvalue weighted by Crippen LogP contribution is -2.24. The number of nitrogens with one attached hydrogen (secondary N) is 2. The molecule has 1 heterocycles. The minimum atomic E-state index is 0.255. The highest BCUT2D eigenvalue weighted by Gasteiger charge is 2.12. The molecule has 1 aromatic heterocycles. The molecule has 0 bridgehead atoms. The molecule has 2 N–H and O–H groups in total. The fraction of sp³-hybridized carbons (Fsp3) is 0.312. The Bertz CT molecular complexity index is 624. The van der Waals surface area contributed by atoms with E-state index in [-0.39, 0.29) is 5.78 Å². The molecule has 0 unspecified atom stereocenters. The largest absolute Gasteiger partial charge is 0.382 e. The molecular weight excluding hydrogens is 236 g/mol. The number of Topliss-reactive ketones (excluding diaryl/α,β-unsaturated/α-hetero) is 1. The Morgan fingerprint density at radius 3 is 3.05 bits per heavy atom. The van der Waals surface area contributed by atoms with Crippen LogP contribution >= 0.6 is 0 Å². The van der Waals surface area contributed by atoms with E-state index in [4.69, 9.17) is 0 Å². The summed E-state index contributed by atoms with van der Waals surface area (Å²) in [6, 6.07) is 8.30. The summed E-state index contributed by atoms with van der Waals surface area (Å²) in [6.45, 7) is 0.805. The molecule has 3 nitrogen and oxygen atoms in total. The monoisotopic (exact) mass is 254 g/mol. The van der Waals surface area contributed by atoms with Crippen LogP contribution in [0.1, 0.15) is 24.8 Å². The molecule has 0 fully saturated rings. The quantitative estimate of drug-likeness (QED) is 0.881. The van der Waals surface area contributed by atoms with Crippen molar-refractivity contribution in [2.24, 2.45) is 0 Å². The number of H-pyrrole nitrogens is 1. The van der Waals surface area contributed by atoms with Gasteiger partial charge in [-0.25, -0.2) is 0 Å². The fourth-order valence-electron chi connectivity index (χ4n) is 2.60. The summed E-state index contributed by atoms with van der Waals surface area (Å²) < 4.78 is 0. The third kappa shape index (κ3) is 2.55. The fourth-order valence-corrected chi connectivity index (χ4v) is 2.60. The zero-order valence-corrected chi connectivity index (χ0v) is 10.9. The lowest BCUT2D eigenvalue weighted by Gasteiger charge is -2.13. The van der Waals surface area contributed by atoms with E-state index in [9.17, 15) is 4.79 Å². The van der Waals surface area contributed by atoms with Gasteiger partial charge in [-0.15, -0.1) is 0 Å². The van der Waals surface area contributed by atoms with Crippen LogP contribution in [0, 0.1) is 0 Å². The van der Waals surface area contributed by atoms with Crippen LogP contribution in [-0.4, -0.2) is 17.3 Å². The first-order valence-corrected chi connectivity index (χ1v) is 6.87. The topological polar surface area (TPSA) is 44.9 Å². The molecule has 0 aliphatic heterocycles. The number of carbonyl (C=O) groups excluding carboxylic acids is 1. The third-order valence-electron chi connectivity index (χ3n) is 3.64. The van der Waals surface area contributed by atoms with Crippen molar-refractivity contribution in [3.63, 3.8) is 0 Å². The first-order chi connectivity index (χ1) is 9.34. The van der Waals surface area contributed by atoms with Crippen molar-refractivity contribution >= 4 is 16.7 Å². The van der Waals surface area contributed by atoms with E-state index < -0.39 is 0 Å². The van der Waals surface area contributed by atoms with Crippen molar-refractivity contribution in [3.05, 3.63) is 47.8 Å². The van der Waals surface area contributed by atoms with E-state index in [1.165, 1.54) is 16.5 Å². The van der Waals surface area contributed by atoms with Crippen LogP contribution in [0.5, 0.6) is 0 Å². The van der Waals surface area contributed by atoms with Gasteiger partial charge in [-0.1, -0.05) is 24.3 Å². The number of hydrogen-bond acceptors (Lipinski definition) is 2. The maximum atomic E-state index is 11.7. The SMILES string of the molecule is O=C1CCCC=C1NCCc1c[nH]c2ccccc12. The van der Waals surface area contributed by atoms with Crippen LogP contribution < -0.4 is 5.32 Å². The van der Waals surface area contributed by atoms with E-state index in [1.807, 2.05) is 12.1 Å². The molecule has 0 saturated carbocycles. The van der Waals surface area contributed by atoms with Gasteiger partial charge in [-0.2, -0.15) is 0 Å². The second-order valence-electron chi connectivity index (χ2n) is 4.97. The Kier molecular flexibility index (Phi) is 3.36. The maximum absolute atomic E-state index is 11.7. The molecular formula is C16H18N2O. The average Bonchev–Trinajstić information content (AvgIpc) is 2.85. The molecule has 0 saturated heterocycles. The molecule has 3 heteroatoms. The average molecular weight is 254 g/mol. The minimum absolute atomic E-state index is 0.255. The minimum Gasteiger partial charge on any atom is -0.382 e. The Morgan fingerprint density at radius 1 is 1.26 bits per heavy atom. The normalized spacial score (nSPS) is 15.6. The summed E-state index contributed by atoms with van der Waals surface area (Å²) in [5, 5.41) is 4.54. The number of hydrogen-bond donors (Lipinski definition) is 2. The number of aromatic nitrogens is 1. The van der Waals surface area contributed by atoms with Crippen molar-refractivity contribution in [2.45, 2.75) is 25.7 Å². The number of ketones is 1. The van der Waals surface area contributed by atoms with E-state index in [0.717, 1.165) is 31.5 Å². The molecule has 1 aromatic carbocycles. The van der Waals surface area contributed by atoms with Crippen molar-refractivity contribution in [2.75, 3.05) is 6.54 Å². The van der Waals surface area contributed by atoms with Crippen molar-refractivity contribution in [1.82, 2.24) is 10.3 Å². The molecule has 0 atom stereocenters. The van der Waals surface area contributed by atoms with Gasteiger partial charge in [-0.05, 0) is 30.9 Å². The van der Waals surface area contributed by atoms with Gasteiger partial charge in [0.2, 0.25) is 0 Å². The van der Waals surface area contributed by atoms with Gasteiger partial charge >= 0.3 is 0 Å². The first-order valence-electron chi connectivity index (χ1n) is 6.87. The molecule has 2 aromatic rings. The van der Waals surface area contributed by atoms with Gasteiger partial charge in [0.25, 0.3) is 0 Å². The number of para-hydroxylation sites is 1. The molecule has 0 spiro atoms. The smallest absolute Gasteiger partial charge is 0.178 e. The number of rotatable bonds is 4. The Balaban J connectivity index is 1.63. The van der Waals surface area contributed by atoms with Crippen LogP contribution in [0.25, 0.3) is 10.9 Å². The lowest BCUT2D eigenvalue weighted by atomic mass is 10.0. The summed E-state index contributed by atoms with van der Waals surface area (Å²) in [6.07, 6.45) is 7.71. The predicted molar refractivity (Wildman–Crippen MR) is 76.9 cm³/mol. The van der Waals surface area contributed by atoms with E-state index in [1.54, 1.807) is 0 Å². The number of benzene rings is 1. The van der Waals surface area contributed by atoms with Crippen LogP contribution in [0.3, 0.4) is 0 Å². The highest BCUT2D eigenvalue weighted by molar-refractivity contribution is 5.95. The number of fused-ring (bicyclic) bond motifs is 1. The number of aromatic amines is 1. The van der Waals surface area contributed by atoms with Crippen molar-refractivity contribution in [1.29, 1.82) is 0 Å². The Morgan fingerprint density at radius 2 is 2.16 bits per heavy atom. The molecule has 98 valence electrons. The van der Waals surface area contributed by atoms with E-state index in [0.29, 0.717) is 6.42 Å². The molecule has 1 aliphatic rings. The predicted octanol–water partition coefficient (Wildman–Crippen LogP) is 2.94. The van der Waals surface area contributed by atoms with Gasteiger partial charge in [0, 0.05) is 30.1 Å². The molecule has 19 heavy (non-hydrogen) atoms. The summed E-state index contributed by atoms with van der Waals surface area (Å²) in [5.74, 6) is 0.255. The van der Waals surface area contributed by atoms with Gasteiger partial charge < -0.3 is 10.3 Å². The summed E-state index contributed by atoms with van der Waals surface area (Å²) in [7, 11) is 0. The summed E-state index contributed by atoms with van der Waals surface area (Å²) in [5.41, 5.74) is 3.28. The zero-order chi connectivity index (χ0) is 13.1. The third-order valence-corrected chi connectivity index (χ3v) is 3.64. The maximum Gasteiger partial charge on any atom is 0.178 e. The molecule has 3 rings (SSSR count). The Labute approximate surface area is 112 Å². The number of carbonyl (C=O) groups is 1. The lowest BCUT2D eigenvalue weighted by molar-refractivity contribution is -0.116. The number of allylic oxidation sites excluding steroid dienone is 2. The van der Waals surface area contributed by atoms with E-state index >= 15 is 0 Å². The van der Waals surface area contributed by atoms with Gasteiger partial charge in [0.05, 0.1) is 5.70 Å². The van der Waals surface area contributed by atoms with Gasteiger partial charge in [0.1, 0.15) is 0 Å². The standard InChI is InChI=1S/C16H18N2O/c19-16-8-4-3-7-15(16)17-10-9-12-11-18-14-6-2-1-5-13(12)14/h1-2,5-7,11,17-18H,3-4,8-10H2. The first kappa shape index (κ1) is 12.0. The summed E-state index contributed by atoms with van der Waals surface area (Å²) >= 11 is 0. The van der Waals surface area contributed by atoms with Crippen molar-refractivity contribution in [3.8, 4) is 0 Å². The molecule has 1 aliphatic carbocycles. The van der Waals surface area contributed by atoms with Crippen LogP contribution in [0.15, 0.2) is 42.2 Å². The van der Waals surface area contributed by atoms with Gasteiger partial charge in [0.15, 0.2) is 5.78 Å². The van der Waals surface area contributed by atoms with Gasteiger partial charge in [-0.3, -0.25) is 4.79 Å². The molecule has 0 radical (unpaired) electrons. The Hall–Kier alpha value is -2.03. The second-order valence-corrected chi connectivity index (χ2v) is 4.97. The summed E-state index contributed by atoms with van der Waals surface area (Å²) in [4.78, 5) is 14.9. The highest BCUT2D eigenvalue weighted by Crippen LogP contribution is 2.18. The van der Waals surface area contributed by atoms with Crippen molar-refractivity contribution < 1.29 is 4.79 Å².